The highest BCUT2D eigenvalue weighted by Crippen LogP contribution is 2.18. The van der Waals surface area contributed by atoms with Crippen LogP contribution < -0.4 is 5.32 Å². The molecule has 19 heavy (non-hydrogen) atoms. The van der Waals surface area contributed by atoms with Gasteiger partial charge in [-0.15, -0.1) is 5.10 Å². The molecule has 0 spiro atoms. The predicted octanol–water partition coefficient (Wildman–Crippen LogP) is 1.02. The number of nitrogens with zero attached hydrogens (tertiary/aromatic N) is 4. The summed E-state index contributed by atoms with van der Waals surface area (Å²) in [5.41, 5.74) is 0.920. The summed E-state index contributed by atoms with van der Waals surface area (Å²) in [5, 5.41) is 8.36. The Morgan fingerprint density at radius 1 is 1.47 bits per heavy atom. The van der Waals surface area contributed by atoms with Gasteiger partial charge in [0.1, 0.15) is 10.7 Å². The maximum Gasteiger partial charge on any atom is 0.236 e. The van der Waals surface area contributed by atoms with E-state index in [9.17, 15) is 4.79 Å². The van der Waals surface area contributed by atoms with Crippen LogP contribution in [0.5, 0.6) is 0 Å². The van der Waals surface area contributed by atoms with Gasteiger partial charge in [0.05, 0.1) is 6.54 Å². The van der Waals surface area contributed by atoms with E-state index in [1.54, 1.807) is 0 Å². The van der Waals surface area contributed by atoms with E-state index in [-0.39, 0.29) is 5.91 Å². The van der Waals surface area contributed by atoms with Crippen molar-refractivity contribution in [2.24, 2.45) is 0 Å². The minimum absolute atomic E-state index is 0.216. The molecule has 0 atom stereocenters. The van der Waals surface area contributed by atoms with E-state index in [2.05, 4.69) is 14.9 Å². The topological polar surface area (TPSA) is 61.4 Å². The second-order valence-corrected chi connectivity index (χ2v) is 5.59. The zero-order valence-corrected chi connectivity index (χ0v) is 12.4. The summed E-state index contributed by atoms with van der Waals surface area (Å²) >= 11 is 1.37. The third kappa shape index (κ3) is 3.87. The first-order chi connectivity index (χ1) is 9.20. The van der Waals surface area contributed by atoms with Gasteiger partial charge in [0, 0.05) is 37.7 Å². The number of amides is 1. The molecule has 0 unspecified atom stereocenters. The fraction of sp³-hybridized carbons (Fsp3) is 0.750. The molecule has 1 aromatic rings. The van der Waals surface area contributed by atoms with Gasteiger partial charge in [0.25, 0.3) is 0 Å². The maximum absolute atomic E-state index is 12.0. The summed E-state index contributed by atoms with van der Waals surface area (Å²) in [6.45, 7) is 5.82. The SMILES string of the molecule is CCNc1snnc1CN(C)CC(=O)N1CCCC1. The van der Waals surface area contributed by atoms with E-state index in [1.165, 1.54) is 11.5 Å². The molecule has 1 aromatic heterocycles. The number of likely N-dealkylation sites (N-methyl/N-ethyl adjacent to an activating group) is 1. The van der Waals surface area contributed by atoms with Gasteiger partial charge in [0.15, 0.2) is 0 Å². The summed E-state index contributed by atoms with van der Waals surface area (Å²) in [6.07, 6.45) is 2.27. The van der Waals surface area contributed by atoms with Crippen LogP contribution in [-0.4, -0.2) is 58.5 Å². The smallest absolute Gasteiger partial charge is 0.236 e. The molecule has 6 nitrogen and oxygen atoms in total. The van der Waals surface area contributed by atoms with Crippen molar-refractivity contribution in [2.75, 3.05) is 38.5 Å². The molecule has 1 saturated heterocycles. The predicted molar refractivity (Wildman–Crippen MR) is 76.2 cm³/mol. The van der Waals surface area contributed by atoms with Crippen molar-refractivity contribution in [3.05, 3.63) is 5.69 Å². The van der Waals surface area contributed by atoms with Crippen LogP contribution >= 0.6 is 11.5 Å². The van der Waals surface area contributed by atoms with E-state index >= 15 is 0 Å². The number of hydrogen-bond acceptors (Lipinski definition) is 6. The second kappa shape index (κ2) is 6.81. The summed E-state index contributed by atoms with van der Waals surface area (Å²) in [6, 6.07) is 0. The lowest BCUT2D eigenvalue weighted by molar-refractivity contribution is -0.131. The number of hydrogen-bond donors (Lipinski definition) is 1. The van der Waals surface area contributed by atoms with Crippen molar-refractivity contribution in [1.82, 2.24) is 19.4 Å². The van der Waals surface area contributed by atoms with Crippen LogP contribution in [0.15, 0.2) is 0 Å². The highest BCUT2D eigenvalue weighted by molar-refractivity contribution is 7.10. The molecule has 7 heteroatoms. The Hall–Kier alpha value is -1.21. The van der Waals surface area contributed by atoms with Crippen LogP contribution in [0.3, 0.4) is 0 Å². The Morgan fingerprint density at radius 3 is 2.89 bits per heavy atom. The number of anilines is 1. The van der Waals surface area contributed by atoms with Gasteiger partial charge in [-0.1, -0.05) is 4.49 Å². The monoisotopic (exact) mass is 283 g/mol. The lowest BCUT2D eigenvalue weighted by Crippen LogP contribution is -2.37. The second-order valence-electron chi connectivity index (χ2n) is 4.84. The van der Waals surface area contributed by atoms with Gasteiger partial charge < -0.3 is 10.2 Å². The Kier molecular flexibility index (Phi) is 5.09. The van der Waals surface area contributed by atoms with Gasteiger partial charge >= 0.3 is 0 Å². The van der Waals surface area contributed by atoms with Gasteiger partial charge in [-0.3, -0.25) is 9.69 Å². The Labute approximate surface area is 117 Å². The molecule has 0 aliphatic carbocycles. The highest BCUT2D eigenvalue weighted by atomic mass is 32.1. The molecule has 2 rings (SSSR count). The number of carbonyl (C=O) groups excluding carboxylic acids is 1. The van der Waals surface area contributed by atoms with E-state index in [0.29, 0.717) is 13.1 Å². The highest BCUT2D eigenvalue weighted by Gasteiger charge is 2.20. The van der Waals surface area contributed by atoms with E-state index in [1.807, 2.05) is 23.8 Å². The van der Waals surface area contributed by atoms with Crippen molar-refractivity contribution < 1.29 is 4.79 Å². The van der Waals surface area contributed by atoms with Crippen LogP contribution in [0.2, 0.25) is 0 Å². The maximum atomic E-state index is 12.0. The average Bonchev–Trinajstić information content (AvgIpc) is 3.01. The first-order valence-corrected chi connectivity index (χ1v) is 7.49. The van der Waals surface area contributed by atoms with E-state index < -0.39 is 0 Å². The molecule has 0 saturated carbocycles. The minimum atomic E-state index is 0.216. The first kappa shape index (κ1) is 14.2. The Morgan fingerprint density at radius 2 is 2.21 bits per heavy atom. The van der Waals surface area contributed by atoms with Crippen LogP contribution in [0.1, 0.15) is 25.5 Å². The molecule has 1 N–H and O–H groups in total. The molecule has 0 bridgehead atoms. The fourth-order valence-corrected chi connectivity index (χ4v) is 2.86. The summed E-state index contributed by atoms with van der Waals surface area (Å²) in [5.74, 6) is 0.216. The summed E-state index contributed by atoms with van der Waals surface area (Å²) in [4.78, 5) is 16.0. The third-order valence-corrected chi connectivity index (χ3v) is 3.90. The first-order valence-electron chi connectivity index (χ1n) is 6.72. The van der Waals surface area contributed by atoms with E-state index in [0.717, 1.165) is 43.2 Å². The molecule has 0 aromatic carbocycles. The van der Waals surface area contributed by atoms with E-state index in [4.69, 9.17) is 0 Å². The van der Waals surface area contributed by atoms with Crippen LogP contribution in [0.4, 0.5) is 5.00 Å². The van der Waals surface area contributed by atoms with Crippen LogP contribution in [0, 0.1) is 0 Å². The standard InChI is InChI=1S/C12H21N5OS/c1-3-13-12-10(14-15-19-12)8-16(2)9-11(18)17-6-4-5-7-17/h13H,3-9H2,1-2H3. The molecule has 1 aliphatic heterocycles. The fourth-order valence-electron chi connectivity index (χ4n) is 2.22. The van der Waals surface area contributed by atoms with Gasteiger partial charge in [-0.2, -0.15) is 0 Å². The quantitative estimate of drug-likeness (QED) is 0.845. The molecule has 0 radical (unpaired) electrons. The minimum Gasteiger partial charge on any atom is -0.374 e. The van der Waals surface area contributed by atoms with Crippen molar-refractivity contribution in [1.29, 1.82) is 0 Å². The van der Waals surface area contributed by atoms with Crippen molar-refractivity contribution in [3.63, 3.8) is 0 Å². The number of rotatable bonds is 6. The molecule has 1 aliphatic rings. The van der Waals surface area contributed by atoms with Crippen molar-refractivity contribution in [3.8, 4) is 0 Å². The Balaban J connectivity index is 1.84. The number of aromatic nitrogens is 2. The zero-order valence-electron chi connectivity index (χ0n) is 11.6. The zero-order chi connectivity index (χ0) is 13.7. The lowest BCUT2D eigenvalue weighted by Gasteiger charge is -2.20. The number of carbonyl (C=O) groups is 1. The molecule has 1 amide bonds. The van der Waals surface area contributed by atoms with Gasteiger partial charge in [0.2, 0.25) is 5.91 Å². The average molecular weight is 283 g/mol. The summed E-state index contributed by atoms with van der Waals surface area (Å²) < 4.78 is 3.96. The van der Waals surface area contributed by atoms with Crippen LogP contribution in [-0.2, 0) is 11.3 Å². The summed E-state index contributed by atoms with van der Waals surface area (Å²) in [7, 11) is 1.95. The molecular weight excluding hydrogens is 262 g/mol. The lowest BCUT2D eigenvalue weighted by atomic mass is 10.4. The number of nitrogens with one attached hydrogen (secondary N) is 1. The molecule has 1 fully saturated rings. The Bertz CT molecular complexity index is 416. The third-order valence-electron chi connectivity index (χ3n) is 3.18. The van der Waals surface area contributed by atoms with Crippen molar-refractivity contribution in [2.45, 2.75) is 26.3 Å². The van der Waals surface area contributed by atoms with Crippen molar-refractivity contribution >= 4 is 22.4 Å². The normalized spacial score (nSPS) is 15.2. The number of likely N-dealkylation sites (tertiary alicyclic amines) is 1. The van der Waals surface area contributed by atoms with Gasteiger partial charge in [-0.25, -0.2) is 0 Å². The molecular formula is C12H21N5OS. The van der Waals surface area contributed by atoms with Gasteiger partial charge in [-0.05, 0) is 26.8 Å². The molecule has 106 valence electrons. The van der Waals surface area contributed by atoms with Crippen LogP contribution in [0.25, 0.3) is 0 Å². The molecule has 2 heterocycles. The largest absolute Gasteiger partial charge is 0.374 e.